The van der Waals surface area contributed by atoms with Crippen LogP contribution in [0.3, 0.4) is 0 Å². The molecular weight excluding hydrogens is 787 g/mol. The number of carbonyl (C=O) groups excluding carboxylic acids is 4. The number of carbonyl (C=O) groups is 4. The van der Waals surface area contributed by atoms with Gasteiger partial charge in [0.15, 0.2) is 5.69 Å². The number of likely N-dealkylation sites (tertiary alicyclic amines) is 2. The van der Waals surface area contributed by atoms with Crippen molar-refractivity contribution < 1.29 is 19.2 Å². The van der Waals surface area contributed by atoms with Gasteiger partial charge in [-0.2, -0.15) is 5.26 Å². The summed E-state index contributed by atoms with van der Waals surface area (Å²) in [6.45, 7) is 10.6. The molecule has 0 N–H and O–H groups in total. The zero-order chi connectivity index (χ0) is 40.6. The average molecular weight is 822 g/mol. The number of nitriles is 1. The summed E-state index contributed by atoms with van der Waals surface area (Å²) in [5, 5.41) is 10.5. The van der Waals surface area contributed by atoms with Crippen LogP contribution in [0, 0.1) is 24.8 Å². The van der Waals surface area contributed by atoms with Gasteiger partial charge in [0.25, 0.3) is 11.8 Å². The Morgan fingerprint density at radius 2 is 1.14 bits per heavy atom. The predicted molar refractivity (Wildman–Crippen MR) is 217 cm³/mol. The van der Waals surface area contributed by atoms with E-state index >= 15 is 0 Å². The maximum Gasteiger partial charge on any atom is 0.332 e. The minimum atomic E-state index is -1.36. The zero-order valence-electron chi connectivity index (χ0n) is 31.1. The lowest BCUT2D eigenvalue weighted by Crippen LogP contribution is -2.55. The molecule has 4 atom stereocenters. The molecule has 4 heterocycles. The van der Waals surface area contributed by atoms with E-state index in [1.54, 1.807) is 56.6 Å². The SMILES string of the molecule is [C-]#[N+]c1ccc(C2CN(CN3C[C@@H](c4ccc(C#N)cc4)[C@]4(C3)C(=O)N(c3cc(Cl)cc(Cl)c3)C(=O)N4C)C[C@@]23C(=O)N(c2cc(C)cc(Cl)c2)C(=O)N3C)cc1. The van der Waals surface area contributed by atoms with Gasteiger partial charge in [0.1, 0.15) is 11.1 Å². The highest BCUT2D eigenvalue weighted by Gasteiger charge is 2.67. The van der Waals surface area contributed by atoms with E-state index in [9.17, 15) is 24.4 Å². The molecule has 0 bridgehead atoms. The maximum atomic E-state index is 14.9. The van der Waals surface area contributed by atoms with Gasteiger partial charge < -0.3 is 9.80 Å². The first-order valence-corrected chi connectivity index (χ1v) is 19.3. The van der Waals surface area contributed by atoms with Crippen molar-refractivity contribution in [3.63, 3.8) is 0 Å². The molecule has 6 amide bonds. The van der Waals surface area contributed by atoms with Gasteiger partial charge in [0, 0.05) is 67.2 Å². The normalized spacial score (nSPS) is 25.1. The Balaban J connectivity index is 1.17. The molecular formula is C42H35Cl3N8O4. The van der Waals surface area contributed by atoms with Crippen LogP contribution >= 0.6 is 34.8 Å². The van der Waals surface area contributed by atoms with Gasteiger partial charge in [-0.3, -0.25) is 19.4 Å². The molecule has 4 fully saturated rings. The Morgan fingerprint density at radius 1 is 0.702 bits per heavy atom. The minimum Gasteiger partial charge on any atom is -0.310 e. The van der Waals surface area contributed by atoms with Crippen LogP contribution in [0.1, 0.15) is 34.1 Å². The lowest BCUT2D eigenvalue weighted by atomic mass is 9.80. The van der Waals surface area contributed by atoms with Crippen molar-refractivity contribution in [2.45, 2.75) is 29.8 Å². The highest BCUT2D eigenvalue weighted by Crippen LogP contribution is 2.49. The van der Waals surface area contributed by atoms with Gasteiger partial charge in [-0.05, 0) is 72.1 Å². The third kappa shape index (κ3) is 6.03. The maximum absolute atomic E-state index is 14.9. The van der Waals surface area contributed by atoms with Gasteiger partial charge in [0.2, 0.25) is 0 Å². The van der Waals surface area contributed by atoms with Crippen molar-refractivity contribution in [2.75, 3.05) is 56.7 Å². The fraction of sp³-hybridized carbons (Fsp3) is 0.286. The second-order valence-electron chi connectivity index (χ2n) is 15.1. The smallest absolute Gasteiger partial charge is 0.310 e. The second kappa shape index (κ2) is 14.2. The summed E-state index contributed by atoms with van der Waals surface area (Å²) >= 11 is 19.1. The lowest BCUT2D eigenvalue weighted by molar-refractivity contribution is -0.125. The monoisotopic (exact) mass is 820 g/mol. The number of likely N-dealkylation sites (N-methyl/N-ethyl adjacent to an activating group) is 2. The molecule has 4 aliphatic heterocycles. The van der Waals surface area contributed by atoms with Crippen molar-refractivity contribution in [1.82, 2.24) is 19.6 Å². The van der Waals surface area contributed by atoms with Crippen LogP contribution in [0.2, 0.25) is 15.1 Å². The van der Waals surface area contributed by atoms with Crippen LogP contribution < -0.4 is 9.80 Å². The Kier molecular flexibility index (Phi) is 9.55. The molecule has 288 valence electrons. The molecule has 15 heteroatoms. The number of imide groups is 2. The van der Waals surface area contributed by atoms with E-state index in [-0.39, 0.29) is 41.4 Å². The second-order valence-corrected chi connectivity index (χ2v) is 16.4. The van der Waals surface area contributed by atoms with E-state index in [2.05, 4.69) is 20.7 Å². The van der Waals surface area contributed by atoms with Crippen LogP contribution in [0.25, 0.3) is 4.85 Å². The number of halogens is 3. The highest BCUT2D eigenvalue weighted by atomic mass is 35.5. The third-order valence-corrected chi connectivity index (χ3v) is 12.6. The average Bonchev–Trinajstić information content (AvgIpc) is 3.86. The van der Waals surface area contributed by atoms with Crippen LogP contribution in [-0.4, -0.2) is 101 Å². The molecule has 4 aromatic rings. The summed E-state index contributed by atoms with van der Waals surface area (Å²) in [4.78, 5) is 71.1. The largest absolute Gasteiger partial charge is 0.332 e. The molecule has 4 saturated heterocycles. The summed E-state index contributed by atoms with van der Waals surface area (Å²) in [5.41, 5.74) is 1.22. The van der Waals surface area contributed by atoms with Gasteiger partial charge in [0.05, 0.1) is 36.2 Å². The fourth-order valence-electron chi connectivity index (χ4n) is 9.25. The molecule has 1 unspecified atom stereocenters. The molecule has 0 aliphatic carbocycles. The molecule has 4 aliphatic rings. The van der Waals surface area contributed by atoms with Crippen LogP contribution in [-0.2, 0) is 9.59 Å². The third-order valence-electron chi connectivity index (χ3n) is 11.9. The number of urea groups is 2. The number of anilines is 2. The van der Waals surface area contributed by atoms with Gasteiger partial charge in [-0.25, -0.2) is 24.2 Å². The molecule has 0 aromatic heterocycles. The first-order valence-electron chi connectivity index (χ1n) is 18.1. The first kappa shape index (κ1) is 38.4. The Bertz CT molecular complexity index is 2240. The number of hydrogen-bond acceptors (Lipinski definition) is 7. The molecule has 8 rings (SSSR count). The van der Waals surface area contributed by atoms with Crippen molar-refractivity contribution in [1.29, 1.82) is 5.26 Å². The van der Waals surface area contributed by atoms with E-state index in [1.807, 2.05) is 31.2 Å². The Morgan fingerprint density at radius 3 is 1.58 bits per heavy atom. The van der Waals surface area contributed by atoms with Gasteiger partial charge in [-0.15, -0.1) is 0 Å². The van der Waals surface area contributed by atoms with E-state index in [0.29, 0.717) is 35.1 Å². The molecule has 0 radical (unpaired) electrons. The van der Waals surface area contributed by atoms with Gasteiger partial charge in [-0.1, -0.05) is 71.2 Å². The lowest BCUT2D eigenvalue weighted by Gasteiger charge is -2.34. The fourth-order valence-corrected chi connectivity index (χ4v) is 10.1. The summed E-state index contributed by atoms with van der Waals surface area (Å²) in [6, 6.07) is 24.9. The topological polar surface area (TPSA) is 116 Å². The molecule has 57 heavy (non-hydrogen) atoms. The van der Waals surface area contributed by atoms with E-state index in [4.69, 9.17) is 41.4 Å². The zero-order valence-corrected chi connectivity index (χ0v) is 33.4. The standard InChI is InChI=1S/C42H35Cl3N8O4/c1-25-13-29(43)16-33(14-25)52-37(54)42(48(3)39(52)56)23-51(21-36(42)28-9-11-32(47-2)12-10-28)24-50-20-35(27-7-5-26(19-46)6-8-27)41(22-50)38(55)53(40(57)49(41)4)34-17-30(44)15-31(45)18-34/h5-18,35-36H,20-24H2,1,3-4H3/t35-,36?,41+,42-/m0/s1. The number of amides is 6. The van der Waals surface area contributed by atoms with Crippen LogP contribution in [0.15, 0.2) is 84.9 Å². The van der Waals surface area contributed by atoms with E-state index in [0.717, 1.165) is 21.6 Å². The Labute approximate surface area is 344 Å². The first-order chi connectivity index (χ1) is 27.2. The summed E-state index contributed by atoms with van der Waals surface area (Å²) < 4.78 is 0. The number of hydrogen-bond donors (Lipinski definition) is 0. The predicted octanol–water partition coefficient (Wildman–Crippen LogP) is 7.51. The number of rotatable bonds is 6. The quantitative estimate of drug-likeness (QED) is 0.146. The molecule has 4 aromatic carbocycles. The van der Waals surface area contributed by atoms with E-state index in [1.165, 1.54) is 32.9 Å². The van der Waals surface area contributed by atoms with E-state index < -0.39 is 40.9 Å². The van der Waals surface area contributed by atoms with Crippen molar-refractivity contribution in [3.8, 4) is 6.07 Å². The minimum absolute atomic E-state index is 0.147. The van der Waals surface area contributed by atoms with Gasteiger partial charge >= 0.3 is 12.1 Å². The van der Waals surface area contributed by atoms with Crippen molar-refractivity contribution in [3.05, 3.63) is 134 Å². The number of nitrogens with zero attached hydrogens (tertiary/aromatic N) is 8. The van der Waals surface area contributed by atoms with Crippen LogP contribution in [0.4, 0.5) is 26.7 Å². The van der Waals surface area contributed by atoms with Crippen molar-refractivity contribution in [2.24, 2.45) is 0 Å². The Hall–Kier alpha value is -5.47. The summed E-state index contributed by atoms with van der Waals surface area (Å²) in [5.74, 6) is -1.84. The van der Waals surface area contributed by atoms with Crippen LogP contribution in [0.5, 0.6) is 0 Å². The number of benzene rings is 4. The summed E-state index contributed by atoms with van der Waals surface area (Å²) in [7, 11) is 3.26. The summed E-state index contributed by atoms with van der Waals surface area (Å²) in [6.07, 6.45) is 0. The molecule has 0 saturated carbocycles. The molecule has 2 spiro atoms. The highest BCUT2D eigenvalue weighted by molar-refractivity contribution is 6.36. The van der Waals surface area contributed by atoms with Crippen molar-refractivity contribution >= 4 is 75.7 Å². The molecule has 12 nitrogen and oxygen atoms in total. The number of aryl methyl sites for hydroxylation is 1.